The molecule has 2 nitrogen and oxygen atoms in total. The zero-order valence-corrected chi connectivity index (χ0v) is 11.8. The Morgan fingerprint density at radius 3 is 2.82 bits per heavy atom. The van der Waals surface area contributed by atoms with Crippen LogP contribution in [0, 0.1) is 0 Å². The van der Waals surface area contributed by atoms with E-state index in [4.69, 9.17) is 0 Å². The second-order valence-electron chi connectivity index (χ2n) is 4.79. The Labute approximate surface area is 109 Å². The molecule has 3 heteroatoms. The molecule has 2 rings (SSSR count). The third-order valence-corrected chi connectivity index (χ3v) is 4.54. The third kappa shape index (κ3) is 3.80. The van der Waals surface area contributed by atoms with Gasteiger partial charge in [0.2, 0.25) is 0 Å². The van der Waals surface area contributed by atoms with Crippen LogP contribution in [0.1, 0.15) is 44.0 Å². The SMILES string of the molecule is CCC(NCCN(CC)C1CC1)c1cccs1. The predicted octanol–water partition coefficient (Wildman–Crippen LogP) is 3.27. The van der Waals surface area contributed by atoms with Crippen molar-refractivity contribution in [3.05, 3.63) is 22.4 Å². The van der Waals surface area contributed by atoms with Gasteiger partial charge in [0.05, 0.1) is 0 Å². The number of hydrogen-bond acceptors (Lipinski definition) is 3. The van der Waals surface area contributed by atoms with E-state index in [0.29, 0.717) is 6.04 Å². The molecule has 0 bridgehead atoms. The molecule has 1 aliphatic rings. The van der Waals surface area contributed by atoms with Gasteiger partial charge in [0, 0.05) is 30.1 Å². The van der Waals surface area contributed by atoms with Crippen LogP contribution in [-0.2, 0) is 0 Å². The van der Waals surface area contributed by atoms with Crippen molar-refractivity contribution in [3.63, 3.8) is 0 Å². The Morgan fingerprint density at radius 2 is 2.29 bits per heavy atom. The lowest BCUT2D eigenvalue weighted by Gasteiger charge is -2.22. The van der Waals surface area contributed by atoms with E-state index in [1.165, 1.54) is 37.2 Å². The second kappa shape index (κ2) is 6.53. The minimum atomic E-state index is 0.549. The molecular weight excluding hydrogens is 228 g/mol. The van der Waals surface area contributed by atoms with Crippen LogP contribution in [0.15, 0.2) is 17.5 Å². The number of likely N-dealkylation sites (N-methyl/N-ethyl adjacent to an activating group) is 1. The van der Waals surface area contributed by atoms with E-state index in [1.54, 1.807) is 0 Å². The summed E-state index contributed by atoms with van der Waals surface area (Å²) in [4.78, 5) is 4.08. The summed E-state index contributed by atoms with van der Waals surface area (Å²) in [7, 11) is 0. The van der Waals surface area contributed by atoms with Crippen molar-refractivity contribution in [2.45, 2.75) is 45.2 Å². The van der Waals surface area contributed by atoms with Crippen molar-refractivity contribution in [2.75, 3.05) is 19.6 Å². The quantitative estimate of drug-likeness (QED) is 0.764. The van der Waals surface area contributed by atoms with Crippen LogP contribution in [0.4, 0.5) is 0 Å². The molecule has 0 saturated heterocycles. The lowest BCUT2D eigenvalue weighted by atomic mass is 10.2. The maximum atomic E-state index is 3.69. The van der Waals surface area contributed by atoms with Crippen LogP contribution in [-0.4, -0.2) is 30.6 Å². The summed E-state index contributed by atoms with van der Waals surface area (Å²) in [5, 5.41) is 5.86. The Hall–Kier alpha value is -0.380. The summed E-state index contributed by atoms with van der Waals surface area (Å²) < 4.78 is 0. The number of rotatable bonds is 8. The Morgan fingerprint density at radius 1 is 1.47 bits per heavy atom. The van der Waals surface area contributed by atoms with E-state index < -0.39 is 0 Å². The summed E-state index contributed by atoms with van der Waals surface area (Å²) in [6.45, 7) is 8.04. The van der Waals surface area contributed by atoms with Crippen LogP contribution in [0.2, 0.25) is 0 Å². The summed E-state index contributed by atoms with van der Waals surface area (Å²) in [5.74, 6) is 0. The molecule has 96 valence electrons. The normalized spacial score (nSPS) is 17.6. The molecule has 1 unspecified atom stereocenters. The fourth-order valence-electron chi connectivity index (χ4n) is 2.36. The highest BCUT2D eigenvalue weighted by Crippen LogP contribution is 2.26. The zero-order chi connectivity index (χ0) is 12.1. The van der Waals surface area contributed by atoms with Crippen LogP contribution in [0.25, 0.3) is 0 Å². The topological polar surface area (TPSA) is 15.3 Å². The zero-order valence-electron chi connectivity index (χ0n) is 11.0. The Balaban J connectivity index is 1.72. The first-order chi connectivity index (χ1) is 8.35. The van der Waals surface area contributed by atoms with Gasteiger partial charge in [-0.05, 0) is 37.3 Å². The molecule has 0 spiro atoms. The molecular formula is C14H24N2S. The molecule has 1 aromatic heterocycles. The number of hydrogen-bond donors (Lipinski definition) is 1. The first-order valence-corrected chi connectivity index (χ1v) is 7.74. The van der Waals surface area contributed by atoms with Crippen molar-refractivity contribution in [3.8, 4) is 0 Å². The van der Waals surface area contributed by atoms with Gasteiger partial charge < -0.3 is 5.32 Å². The number of thiophene rings is 1. The van der Waals surface area contributed by atoms with E-state index in [9.17, 15) is 0 Å². The molecule has 1 aromatic rings. The van der Waals surface area contributed by atoms with Crippen molar-refractivity contribution < 1.29 is 0 Å². The van der Waals surface area contributed by atoms with Gasteiger partial charge in [0.1, 0.15) is 0 Å². The van der Waals surface area contributed by atoms with Crippen LogP contribution < -0.4 is 5.32 Å². The predicted molar refractivity (Wildman–Crippen MR) is 75.6 cm³/mol. The summed E-state index contributed by atoms with van der Waals surface area (Å²) in [6, 6.07) is 5.83. The van der Waals surface area contributed by atoms with Crippen LogP contribution in [0.3, 0.4) is 0 Å². The minimum Gasteiger partial charge on any atom is -0.308 e. The van der Waals surface area contributed by atoms with Gasteiger partial charge in [0.15, 0.2) is 0 Å². The average molecular weight is 252 g/mol. The minimum absolute atomic E-state index is 0.549. The molecule has 0 aliphatic heterocycles. The van der Waals surface area contributed by atoms with Gasteiger partial charge in [0.25, 0.3) is 0 Å². The fourth-order valence-corrected chi connectivity index (χ4v) is 3.24. The fraction of sp³-hybridized carbons (Fsp3) is 0.714. The molecule has 0 amide bonds. The van der Waals surface area contributed by atoms with E-state index in [-0.39, 0.29) is 0 Å². The lowest BCUT2D eigenvalue weighted by molar-refractivity contribution is 0.272. The third-order valence-electron chi connectivity index (χ3n) is 3.55. The molecule has 1 aliphatic carbocycles. The van der Waals surface area contributed by atoms with Crippen molar-refractivity contribution in [2.24, 2.45) is 0 Å². The molecule has 1 N–H and O–H groups in total. The first-order valence-electron chi connectivity index (χ1n) is 6.86. The first kappa shape index (κ1) is 13.1. The van der Waals surface area contributed by atoms with E-state index in [1.807, 2.05) is 11.3 Å². The van der Waals surface area contributed by atoms with Crippen molar-refractivity contribution in [1.82, 2.24) is 10.2 Å². The number of nitrogens with zero attached hydrogens (tertiary/aromatic N) is 1. The molecule has 1 fully saturated rings. The highest BCUT2D eigenvalue weighted by molar-refractivity contribution is 7.10. The highest BCUT2D eigenvalue weighted by atomic mass is 32.1. The van der Waals surface area contributed by atoms with Crippen LogP contribution >= 0.6 is 11.3 Å². The molecule has 1 atom stereocenters. The number of nitrogens with one attached hydrogen (secondary N) is 1. The smallest absolute Gasteiger partial charge is 0.0412 e. The van der Waals surface area contributed by atoms with E-state index >= 15 is 0 Å². The van der Waals surface area contributed by atoms with Crippen molar-refractivity contribution in [1.29, 1.82) is 0 Å². The van der Waals surface area contributed by atoms with Crippen molar-refractivity contribution >= 4 is 11.3 Å². The van der Waals surface area contributed by atoms with E-state index in [0.717, 1.165) is 12.6 Å². The van der Waals surface area contributed by atoms with Gasteiger partial charge in [-0.15, -0.1) is 11.3 Å². The van der Waals surface area contributed by atoms with E-state index in [2.05, 4.69) is 41.6 Å². The Kier molecular flexibility index (Phi) is 5.01. The van der Waals surface area contributed by atoms with Gasteiger partial charge >= 0.3 is 0 Å². The van der Waals surface area contributed by atoms with Gasteiger partial charge in [-0.3, -0.25) is 4.90 Å². The van der Waals surface area contributed by atoms with Gasteiger partial charge in [-0.2, -0.15) is 0 Å². The molecule has 0 aromatic carbocycles. The maximum absolute atomic E-state index is 3.69. The van der Waals surface area contributed by atoms with Gasteiger partial charge in [-0.1, -0.05) is 19.9 Å². The summed E-state index contributed by atoms with van der Waals surface area (Å²) >= 11 is 1.86. The largest absolute Gasteiger partial charge is 0.308 e. The monoisotopic (exact) mass is 252 g/mol. The molecule has 0 radical (unpaired) electrons. The maximum Gasteiger partial charge on any atom is 0.0412 e. The lowest BCUT2D eigenvalue weighted by Crippen LogP contribution is -2.34. The Bertz CT molecular complexity index is 306. The average Bonchev–Trinajstić information content (AvgIpc) is 3.05. The summed E-state index contributed by atoms with van der Waals surface area (Å²) in [6.07, 6.45) is 4.00. The molecule has 17 heavy (non-hydrogen) atoms. The summed E-state index contributed by atoms with van der Waals surface area (Å²) in [5.41, 5.74) is 0. The molecule has 1 heterocycles. The standard InChI is InChI=1S/C14H24N2S/c1-3-13(14-6-5-11-17-14)15-9-10-16(4-2)12-7-8-12/h5-6,11-13,15H,3-4,7-10H2,1-2H3. The second-order valence-corrected chi connectivity index (χ2v) is 5.77. The van der Waals surface area contributed by atoms with Crippen LogP contribution in [0.5, 0.6) is 0 Å². The highest BCUT2D eigenvalue weighted by Gasteiger charge is 2.27. The van der Waals surface area contributed by atoms with Gasteiger partial charge in [-0.25, -0.2) is 0 Å². The molecule has 1 saturated carbocycles.